The summed E-state index contributed by atoms with van der Waals surface area (Å²) in [5.74, 6) is 3.94. The van der Waals surface area contributed by atoms with Gasteiger partial charge < -0.3 is 11.5 Å². The lowest BCUT2D eigenvalue weighted by atomic mass is 9.72. The number of nitrogens with two attached hydrogens (primary N) is 2. The molecule has 6 unspecified atom stereocenters. The van der Waals surface area contributed by atoms with E-state index in [4.69, 9.17) is 11.5 Å². The van der Waals surface area contributed by atoms with Crippen molar-refractivity contribution in [2.24, 2.45) is 35.1 Å². The third kappa shape index (κ3) is 1.72. The van der Waals surface area contributed by atoms with Gasteiger partial charge in [-0.25, -0.2) is 0 Å². The predicted molar refractivity (Wildman–Crippen MR) is 62.2 cm³/mol. The topological polar surface area (TPSA) is 52.0 Å². The van der Waals surface area contributed by atoms with Gasteiger partial charge in [0.25, 0.3) is 0 Å². The molecule has 0 aromatic rings. The molecule has 0 amide bonds. The van der Waals surface area contributed by atoms with Crippen LogP contribution in [0.25, 0.3) is 0 Å². The second kappa shape index (κ2) is 3.74. The van der Waals surface area contributed by atoms with Gasteiger partial charge in [-0.2, -0.15) is 0 Å². The first-order valence-electron chi connectivity index (χ1n) is 6.75. The second-order valence-electron chi connectivity index (χ2n) is 6.23. The minimum absolute atomic E-state index is 0.500. The standard InChI is InChI=1S/C13H24N2/c14-10-1-3-12-8(6-10)5-9-7-11(15)2-4-13(9)12/h8-13H,1-7,14-15H2. The quantitative estimate of drug-likeness (QED) is 0.638. The van der Waals surface area contributed by atoms with Crippen molar-refractivity contribution in [1.29, 1.82) is 0 Å². The van der Waals surface area contributed by atoms with E-state index in [9.17, 15) is 0 Å². The van der Waals surface area contributed by atoms with E-state index in [1.54, 1.807) is 0 Å². The third-order valence-electron chi connectivity index (χ3n) is 5.32. The normalized spacial score (nSPS) is 54.8. The van der Waals surface area contributed by atoms with Gasteiger partial charge in [0.2, 0.25) is 0 Å². The van der Waals surface area contributed by atoms with Gasteiger partial charge in [0.05, 0.1) is 0 Å². The highest BCUT2D eigenvalue weighted by atomic mass is 14.7. The summed E-state index contributed by atoms with van der Waals surface area (Å²) in [5.41, 5.74) is 12.2. The molecule has 3 aliphatic carbocycles. The molecular formula is C13H24N2. The Morgan fingerprint density at radius 1 is 0.600 bits per heavy atom. The highest BCUT2D eigenvalue weighted by molar-refractivity contribution is 4.98. The van der Waals surface area contributed by atoms with Gasteiger partial charge in [-0.1, -0.05) is 0 Å². The summed E-state index contributed by atoms with van der Waals surface area (Å²) in [6.07, 6.45) is 9.40. The van der Waals surface area contributed by atoms with Crippen LogP contribution >= 0.6 is 0 Å². The first kappa shape index (κ1) is 10.1. The Morgan fingerprint density at radius 2 is 1.07 bits per heavy atom. The van der Waals surface area contributed by atoms with Gasteiger partial charge in [-0.05, 0) is 68.6 Å². The Balaban J connectivity index is 1.72. The van der Waals surface area contributed by atoms with Gasteiger partial charge >= 0.3 is 0 Å². The predicted octanol–water partition coefficient (Wildman–Crippen LogP) is 1.88. The molecule has 3 saturated carbocycles. The lowest BCUT2D eigenvalue weighted by molar-refractivity contribution is 0.167. The third-order valence-corrected chi connectivity index (χ3v) is 5.32. The molecule has 0 aromatic carbocycles. The van der Waals surface area contributed by atoms with E-state index in [2.05, 4.69) is 0 Å². The van der Waals surface area contributed by atoms with E-state index in [0.717, 1.165) is 23.7 Å². The molecule has 2 heteroatoms. The second-order valence-corrected chi connectivity index (χ2v) is 6.23. The minimum atomic E-state index is 0.500. The average molecular weight is 208 g/mol. The molecular weight excluding hydrogens is 184 g/mol. The van der Waals surface area contributed by atoms with Crippen molar-refractivity contribution >= 4 is 0 Å². The maximum absolute atomic E-state index is 6.08. The summed E-state index contributed by atoms with van der Waals surface area (Å²) >= 11 is 0. The largest absolute Gasteiger partial charge is 0.328 e. The van der Waals surface area contributed by atoms with Crippen molar-refractivity contribution in [3.05, 3.63) is 0 Å². The highest BCUT2D eigenvalue weighted by Gasteiger charge is 2.46. The Bertz CT molecular complexity index is 217. The summed E-state index contributed by atoms with van der Waals surface area (Å²) in [6.45, 7) is 0. The summed E-state index contributed by atoms with van der Waals surface area (Å²) in [4.78, 5) is 0. The zero-order chi connectivity index (χ0) is 10.4. The maximum Gasteiger partial charge on any atom is 0.00416 e. The monoisotopic (exact) mass is 208 g/mol. The van der Waals surface area contributed by atoms with Gasteiger partial charge in [-0.3, -0.25) is 0 Å². The van der Waals surface area contributed by atoms with E-state index in [-0.39, 0.29) is 0 Å². The Hall–Kier alpha value is -0.0800. The number of hydrogen-bond acceptors (Lipinski definition) is 2. The molecule has 0 aliphatic heterocycles. The maximum atomic E-state index is 6.08. The lowest BCUT2D eigenvalue weighted by Gasteiger charge is -2.36. The van der Waals surface area contributed by atoms with Crippen LogP contribution in [-0.4, -0.2) is 12.1 Å². The van der Waals surface area contributed by atoms with Crippen LogP contribution < -0.4 is 11.5 Å². The summed E-state index contributed by atoms with van der Waals surface area (Å²) in [5, 5.41) is 0. The summed E-state index contributed by atoms with van der Waals surface area (Å²) in [6, 6.07) is 1.00. The van der Waals surface area contributed by atoms with Crippen molar-refractivity contribution in [3.8, 4) is 0 Å². The molecule has 4 N–H and O–H groups in total. The molecule has 2 nitrogen and oxygen atoms in total. The molecule has 6 atom stereocenters. The van der Waals surface area contributed by atoms with Crippen molar-refractivity contribution in [3.63, 3.8) is 0 Å². The van der Waals surface area contributed by atoms with Crippen LogP contribution in [0.5, 0.6) is 0 Å². The molecule has 0 spiro atoms. The van der Waals surface area contributed by atoms with Gasteiger partial charge in [0.1, 0.15) is 0 Å². The first-order chi connectivity index (χ1) is 7.24. The van der Waals surface area contributed by atoms with E-state index in [1.807, 2.05) is 0 Å². The molecule has 3 fully saturated rings. The lowest BCUT2D eigenvalue weighted by Crippen LogP contribution is -2.35. The van der Waals surface area contributed by atoms with E-state index >= 15 is 0 Å². The minimum Gasteiger partial charge on any atom is -0.328 e. The number of hydrogen-bond donors (Lipinski definition) is 2. The zero-order valence-corrected chi connectivity index (χ0v) is 9.57. The number of fused-ring (bicyclic) bond motifs is 3. The first-order valence-corrected chi connectivity index (χ1v) is 6.75. The molecule has 0 heterocycles. The van der Waals surface area contributed by atoms with Crippen LogP contribution in [0.1, 0.15) is 44.9 Å². The summed E-state index contributed by atoms with van der Waals surface area (Å²) < 4.78 is 0. The van der Waals surface area contributed by atoms with E-state index in [1.165, 1.54) is 44.9 Å². The molecule has 15 heavy (non-hydrogen) atoms. The van der Waals surface area contributed by atoms with Crippen LogP contribution in [0.3, 0.4) is 0 Å². The van der Waals surface area contributed by atoms with Crippen molar-refractivity contribution < 1.29 is 0 Å². The summed E-state index contributed by atoms with van der Waals surface area (Å²) in [7, 11) is 0. The number of rotatable bonds is 0. The fourth-order valence-electron chi connectivity index (χ4n) is 4.71. The van der Waals surface area contributed by atoms with Crippen molar-refractivity contribution in [2.45, 2.75) is 57.0 Å². The Kier molecular flexibility index (Phi) is 2.52. The fourth-order valence-corrected chi connectivity index (χ4v) is 4.71. The molecule has 0 saturated heterocycles. The molecule has 0 bridgehead atoms. The van der Waals surface area contributed by atoms with Crippen molar-refractivity contribution in [2.75, 3.05) is 0 Å². The molecule has 3 aliphatic rings. The van der Waals surface area contributed by atoms with Crippen LogP contribution in [0.15, 0.2) is 0 Å². The van der Waals surface area contributed by atoms with Crippen LogP contribution in [0.4, 0.5) is 0 Å². The van der Waals surface area contributed by atoms with Gasteiger partial charge in [-0.15, -0.1) is 0 Å². The zero-order valence-electron chi connectivity index (χ0n) is 9.57. The fraction of sp³-hybridized carbons (Fsp3) is 1.00. The van der Waals surface area contributed by atoms with E-state index in [0.29, 0.717) is 12.1 Å². The van der Waals surface area contributed by atoms with Crippen LogP contribution in [-0.2, 0) is 0 Å². The molecule has 86 valence electrons. The smallest absolute Gasteiger partial charge is 0.00416 e. The van der Waals surface area contributed by atoms with Crippen LogP contribution in [0, 0.1) is 23.7 Å². The molecule has 0 aromatic heterocycles. The average Bonchev–Trinajstić information content (AvgIpc) is 2.53. The van der Waals surface area contributed by atoms with E-state index < -0.39 is 0 Å². The Labute approximate surface area is 92.8 Å². The Morgan fingerprint density at radius 3 is 1.53 bits per heavy atom. The van der Waals surface area contributed by atoms with Gasteiger partial charge in [0.15, 0.2) is 0 Å². The molecule has 3 rings (SSSR count). The van der Waals surface area contributed by atoms with Crippen molar-refractivity contribution in [1.82, 2.24) is 0 Å². The SMILES string of the molecule is NC1CCC2C(C1)CC1CC(N)CCC12. The highest BCUT2D eigenvalue weighted by Crippen LogP contribution is 2.53. The van der Waals surface area contributed by atoms with Crippen LogP contribution in [0.2, 0.25) is 0 Å². The van der Waals surface area contributed by atoms with Gasteiger partial charge in [0, 0.05) is 12.1 Å². The molecule has 0 radical (unpaired) electrons.